The SMILES string of the molecule is Cc1cc(S(=O)(=O)CC2CCN(C(=O)OC(C)(C)C)CC2)n(C)n1. The lowest BCUT2D eigenvalue weighted by molar-refractivity contribution is 0.0191. The minimum Gasteiger partial charge on any atom is -0.444 e. The average molecular weight is 357 g/mol. The fourth-order valence-corrected chi connectivity index (χ4v) is 4.80. The minimum atomic E-state index is -3.37. The summed E-state index contributed by atoms with van der Waals surface area (Å²) in [4.78, 5) is 13.7. The van der Waals surface area contributed by atoms with E-state index in [2.05, 4.69) is 5.10 Å². The third-order valence-electron chi connectivity index (χ3n) is 4.00. The highest BCUT2D eigenvalue weighted by atomic mass is 32.2. The van der Waals surface area contributed by atoms with Crippen molar-refractivity contribution in [3.05, 3.63) is 11.8 Å². The zero-order valence-electron chi connectivity index (χ0n) is 15.1. The van der Waals surface area contributed by atoms with Crippen LogP contribution in [-0.2, 0) is 21.6 Å². The number of sulfone groups is 1. The molecule has 0 aromatic carbocycles. The van der Waals surface area contributed by atoms with Gasteiger partial charge in [-0.2, -0.15) is 5.10 Å². The number of ether oxygens (including phenoxy) is 1. The fraction of sp³-hybridized carbons (Fsp3) is 0.750. The molecule has 2 rings (SSSR count). The first-order valence-corrected chi connectivity index (χ1v) is 9.84. The molecule has 0 bridgehead atoms. The molecule has 7 nitrogen and oxygen atoms in total. The number of likely N-dealkylation sites (tertiary alicyclic amines) is 1. The van der Waals surface area contributed by atoms with Crippen molar-refractivity contribution >= 4 is 15.9 Å². The Morgan fingerprint density at radius 1 is 1.33 bits per heavy atom. The van der Waals surface area contributed by atoms with Crippen molar-refractivity contribution in [2.24, 2.45) is 13.0 Å². The number of amides is 1. The van der Waals surface area contributed by atoms with Crippen LogP contribution in [0.5, 0.6) is 0 Å². The summed E-state index contributed by atoms with van der Waals surface area (Å²) in [6.07, 6.45) is 0.996. The second-order valence-electron chi connectivity index (χ2n) is 7.44. The molecular formula is C16H27N3O4S. The number of carbonyl (C=O) groups is 1. The van der Waals surface area contributed by atoms with E-state index < -0.39 is 15.4 Å². The number of piperidine rings is 1. The minimum absolute atomic E-state index is 0.0453. The van der Waals surface area contributed by atoms with Gasteiger partial charge in [0.25, 0.3) is 0 Å². The zero-order chi connectivity index (χ0) is 18.1. The van der Waals surface area contributed by atoms with E-state index in [1.54, 1.807) is 24.9 Å². The van der Waals surface area contributed by atoms with Gasteiger partial charge in [0, 0.05) is 20.1 Å². The second-order valence-corrected chi connectivity index (χ2v) is 9.42. The highest BCUT2D eigenvalue weighted by molar-refractivity contribution is 7.91. The molecule has 1 aromatic heterocycles. The predicted octanol–water partition coefficient (Wildman–Crippen LogP) is 2.15. The Hall–Kier alpha value is -1.57. The van der Waals surface area contributed by atoms with Gasteiger partial charge in [0.1, 0.15) is 5.60 Å². The standard InChI is InChI=1S/C16H27N3O4S/c1-12-10-14(18(5)17-12)24(21,22)11-13-6-8-19(9-7-13)15(20)23-16(2,3)4/h10,13H,6-9,11H2,1-5H3. The maximum atomic E-state index is 12.6. The number of nitrogens with zero attached hydrogens (tertiary/aromatic N) is 3. The number of rotatable bonds is 3. The summed E-state index contributed by atoms with van der Waals surface area (Å²) in [5.74, 6) is 0.137. The Bertz CT molecular complexity index is 695. The molecule has 2 heterocycles. The molecule has 0 saturated carbocycles. The van der Waals surface area contributed by atoms with Crippen molar-refractivity contribution in [3.8, 4) is 0 Å². The van der Waals surface area contributed by atoms with Crippen LogP contribution in [0.1, 0.15) is 39.3 Å². The van der Waals surface area contributed by atoms with E-state index in [0.29, 0.717) is 31.6 Å². The number of aryl methyl sites for hydroxylation is 2. The van der Waals surface area contributed by atoms with E-state index in [1.165, 1.54) is 4.68 Å². The molecule has 0 N–H and O–H groups in total. The molecule has 1 amide bonds. The number of hydrogen-bond donors (Lipinski definition) is 0. The highest BCUT2D eigenvalue weighted by Crippen LogP contribution is 2.24. The third kappa shape index (κ3) is 4.72. The molecule has 0 unspecified atom stereocenters. The first-order chi connectivity index (χ1) is 11.0. The molecule has 1 aliphatic heterocycles. The molecule has 0 aliphatic carbocycles. The lowest BCUT2D eigenvalue weighted by Crippen LogP contribution is -2.42. The summed E-state index contributed by atoms with van der Waals surface area (Å²) in [5.41, 5.74) is 0.171. The lowest BCUT2D eigenvalue weighted by Gasteiger charge is -2.33. The van der Waals surface area contributed by atoms with E-state index in [0.717, 1.165) is 0 Å². The van der Waals surface area contributed by atoms with Gasteiger partial charge in [-0.1, -0.05) is 0 Å². The summed E-state index contributed by atoms with van der Waals surface area (Å²) in [7, 11) is -1.73. The van der Waals surface area contributed by atoms with Crippen LogP contribution < -0.4 is 0 Å². The maximum Gasteiger partial charge on any atom is 0.410 e. The topological polar surface area (TPSA) is 81.5 Å². The molecular weight excluding hydrogens is 330 g/mol. The Morgan fingerprint density at radius 3 is 2.38 bits per heavy atom. The van der Waals surface area contributed by atoms with Crippen LogP contribution in [-0.4, -0.2) is 53.6 Å². The molecule has 1 aromatic rings. The molecule has 1 saturated heterocycles. The lowest BCUT2D eigenvalue weighted by atomic mass is 9.99. The average Bonchev–Trinajstić information content (AvgIpc) is 2.77. The van der Waals surface area contributed by atoms with Gasteiger partial charge in [-0.15, -0.1) is 0 Å². The van der Waals surface area contributed by atoms with Crippen molar-refractivity contribution < 1.29 is 17.9 Å². The Morgan fingerprint density at radius 2 is 1.92 bits per heavy atom. The normalized spacial score (nSPS) is 17.1. The van der Waals surface area contributed by atoms with Crippen LogP contribution >= 0.6 is 0 Å². The molecule has 1 aliphatic rings. The summed E-state index contributed by atoms with van der Waals surface area (Å²) in [6.45, 7) is 8.33. The van der Waals surface area contributed by atoms with Gasteiger partial charge < -0.3 is 9.64 Å². The third-order valence-corrected chi connectivity index (χ3v) is 5.93. The molecule has 0 spiro atoms. The van der Waals surface area contributed by atoms with Crippen molar-refractivity contribution in [2.75, 3.05) is 18.8 Å². The largest absolute Gasteiger partial charge is 0.444 e. The summed E-state index contributed by atoms with van der Waals surface area (Å²) >= 11 is 0. The molecule has 8 heteroatoms. The Labute approximate surface area is 143 Å². The molecule has 0 atom stereocenters. The molecule has 0 radical (unpaired) electrons. The van der Waals surface area contributed by atoms with E-state index in [-0.39, 0.29) is 22.8 Å². The van der Waals surface area contributed by atoms with Gasteiger partial charge >= 0.3 is 6.09 Å². The Balaban J connectivity index is 1.93. The van der Waals surface area contributed by atoms with Crippen molar-refractivity contribution in [1.82, 2.24) is 14.7 Å². The molecule has 136 valence electrons. The van der Waals surface area contributed by atoms with Crippen LogP contribution in [0.4, 0.5) is 4.79 Å². The highest BCUT2D eigenvalue weighted by Gasteiger charge is 2.30. The number of carbonyl (C=O) groups excluding carboxylic acids is 1. The van der Waals surface area contributed by atoms with Gasteiger partial charge in [-0.3, -0.25) is 4.68 Å². The van der Waals surface area contributed by atoms with E-state index in [9.17, 15) is 13.2 Å². The van der Waals surface area contributed by atoms with Gasteiger partial charge in [0.15, 0.2) is 14.9 Å². The Kier molecular flexibility index (Phi) is 5.27. The first-order valence-electron chi connectivity index (χ1n) is 8.19. The quantitative estimate of drug-likeness (QED) is 0.828. The molecule has 24 heavy (non-hydrogen) atoms. The summed E-state index contributed by atoms with van der Waals surface area (Å²) in [6, 6.07) is 1.60. The van der Waals surface area contributed by atoms with Gasteiger partial charge in [-0.25, -0.2) is 13.2 Å². The van der Waals surface area contributed by atoms with Gasteiger partial charge in [-0.05, 0) is 52.5 Å². The number of hydrogen-bond acceptors (Lipinski definition) is 5. The second kappa shape index (κ2) is 6.74. The van der Waals surface area contributed by atoms with Crippen LogP contribution in [0.15, 0.2) is 11.1 Å². The van der Waals surface area contributed by atoms with E-state index >= 15 is 0 Å². The van der Waals surface area contributed by atoms with E-state index in [4.69, 9.17) is 4.74 Å². The van der Waals surface area contributed by atoms with Crippen LogP contribution in [0, 0.1) is 12.8 Å². The smallest absolute Gasteiger partial charge is 0.410 e. The predicted molar refractivity (Wildman–Crippen MR) is 90.5 cm³/mol. The maximum absolute atomic E-state index is 12.6. The van der Waals surface area contributed by atoms with Crippen molar-refractivity contribution in [3.63, 3.8) is 0 Å². The first kappa shape index (κ1) is 18.8. The monoisotopic (exact) mass is 357 g/mol. The van der Waals surface area contributed by atoms with Crippen molar-refractivity contribution in [1.29, 1.82) is 0 Å². The van der Waals surface area contributed by atoms with Gasteiger partial charge in [0.2, 0.25) is 0 Å². The van der Waals surface area contributed by atoms with Gasteiger partial charge in [0.05, 0.1) is 11.4 Å². The van der Waals surface area contributed by atoms with Crippen molar-refractivity contribution in [2.45, 2.75) is 51.2 Å². The van der Waals surface area contributed by atoms with Crippen LogP contribution in [0.2, 0.25) is 0 Å². The molecule has 1 fully saturated rings. The van der Waals surface area contributed by atoms with Crippen LogP contribution in [0.25, 0.3) is 0 Å². The summed E-state index contributed by atoms with van der Waals surface area (Å²) < 4.78 is 31.9. The zero-order valence-corrected chi connectivity index (χ0v) is 15.9. The fourth-order valence-electron chi connectivity index (χ4n) is 2.88. The number of aromatic nitrogens is 2. The van der Waals surface area contributed by atoms with E-state index in [1.807, 2.05) is 20.8 Å². The summed E-state index contributed by atoms with van der Waals surface area (Å²) in [5, 5.41) is 4.37. The van der Waals surface area contributed by atoms with Crippen LogP contribution in [0.3, 0.4) is 0 Å².